The number of benzene rings is 1. The third-order valence-electron chi connectivity index (χ3n) is 2.72. The summed E-state index contributed by atoms with van der Waals surface area (Å²) in [6, 6.07) is 5.26. The van der Waals surface area contributed by atoms with Gasteiger partial charge in [0.2, 0.25) is 0 Å². The van der Waals surface area contributed by atoms with Gasteiger partial charge in [-0.15, -0.1) is 0 Å². The number of aliphatic imine (C=N–C) groups is 1. The van der Waals surface area contributed by atoms with Gasteiger partial charge in [-0.1, -0.05) is 11.8 Å². The molecule has 0 atom stereocenters. The number of aromatic nitrogens is 2. The summed E-state index contributed by atoms with van der Waals surface area (Å²) < 4.78 is 17.9. The summed E-state index contributed by atoms with van der Waals surface area (Å²) in [5, 5.41) is 36.3. The molecule has 1 aromatic carbocycles. The maximum Gasteiger partial charge on any atom is 0.404 e. The van der Waals surface area contributed by atoms with E-state index in [1.54, 1.807) is 6.07 Å². The Kier molecular flexibility index (Phi) is 6.26. The average molecular weight is 366 g/mol. The smallest absolute Gasteiger partial charge is 0.404 e. The number of hydrogen-bond donors (Lipinski definition) is 4. The summed E-state index contributed by atoms with van der Waals surface area (Å²) in [7, 11) is 0. The van der Waals surface area contributed by atoms with E-state index in [2.05, 4.69) is 25.3 Å². The lowest BCUT2D eigenvalue weighted by Crippen LogP contribution is -2.24. The van der Waals surface area contributed by atoms with Gasteiger partial charge in [0.15, 0.2) is 16.6 Å². The molecule has 1 heterocycles. The van der Waals surface area contributed by atoms with Crippen LogP contribution in [0.1, 0.15) is 11.3 Å². The van der Waals surface area contributed by atoms with Gasteiger partial charge < -0.3 is 10.4 Å². The van der Waals surface area contributed by atoms with Gasteiger partial charge in [0.1, 0.15) is 11.9 Å². The number of carbonyl (C=O) groups is 1. The molecule has 130 valence electrons. The molecular formula is C13H11FN6O4S. The Hall–Kier alpha value is -3.17. The van der Waals surface area contributed by atoms with Gasteiger partial charge in [0.05, 0.1) is 11.3 Å². The van der Waals surface area contributed by atoms with Crippen LogP contribution in [0.15, 0.2) is 32.8 Å². The van der Waals surface area contributed by atoms with E-state index < -0.39 is 11.9 Å². The van der Waals surface area contributed by atoms with E-state index in [0.717, 1.165) is 17.8 Å². The number of amidine groups is 1. The van der Waals surface area contributed by atoms with Gasteiger partial charge >= 0.3 is 6.09 Å². The van der Waals surface area contributed by atoms with E-state index in [1.165, 1.54) is 12.1 Å². The Morgan fingerprint density at radius 2 is 2.28 bits per heavy atom. The van der Waals surface area contributed by atoms with E-state index in [4.69, 9.17) is 10.4 Å². The van der Waals surface area contributed by atoms with E-state index in [1.807, 2.05) is 5.48 Å². The summed E-state index contributed by atoms with van der Waals surface area (Å²) in [6.07, 6.45) is -1.15. The fraction of sp³-hybridized carbons (Fsp3) is 0.154. The Labute approximate surface area is 144 Å². The van der Waals surface area contributed by atoms with Crippen LogP contribution in [0.3, 0.4) is 0 Å². The Morgan fingerprint density at radius 3 is 2.96 bits per heavy atom. The molecule has 10 nitrogen and oxygen atoms in total. The van der Waals surface area contributed by atoms with Crippen molar-refractivity contribution in [2.45, 2.75) is 5.03 Å². The quantitative estimate of drug-likeness (QED) is 0.195. The van der Waals surface area contributed by atoms with Crippen molar-refractivity contribution in [3.05, 3.63) is 35.3 Å². The maximum absolute atomic E-state index is 13.3. The number of rotatable bonds is 6. The first-order chi connectivity index (χ1) is 12.0. The molecule has 0 aliphatic carbocycles. The monoisotopic (exact) mass is 366 g/mol. The molecule has 0 fully saturated rings. The van der Waals surface area contributed by atoms with Gasteiger partial charge in [-0.3, -0.25) is 10.7 Å². The summed E-state index contributed by atoms with van der Waals surface area (Å²) in [5.41, 5.74) is 1.91. The molecule has 0 bridgehead atoms. The largest absolute Gasteiger partial charge is 0.465 e. The van der Waals surface area contributed by atoms with E-state index in [0.29, 0.717) is 5.75 Å². The number of nitriles is 1. The minimum Gasteiger partial charge on any atom is -0.465 e. The topological polar surface area (TPSA) is 157 Å². The predicted octanol–water partition coefficient (Wildman–Crippen LogP) is 1.50. The van der Waals surface area contributed by atoms with Crippen LogP contribution in [0.2, 0.25) is 0 Å². The highest BCUT2D eigenvalue weighted by Crippen LogP contribution is 2.22. The first-order valence-electron chi connectivity index (χ1n) is 6.66. The second-order valence-electron chi connectivity index (χ2n) is 4.35. The highest BCUT2D eigenvalue weighted by molar-refractivity contribution is 7.99. The lowest BCUT2D eigenvalue weighted by Gasteiger charge is -2.04. The van der Waals surface area contributed by atoms with Crippen molar-refractivity contribution in [2.75, 3.05) is 12.3 Å². The van der Waals surface area contributed by atoms with Crippen molar-refractivity contribution in [1.29, 1.82) is 5.26 Å². The van der Waals surface area contributed by atoms with Crippen LogP contribution in [0.5, 0.6) is 0 Å². The lowest BCUT2D eigenvalue weighted by molar-refractivity contribution is 0.195. The second-order valence-corrected chi connectivity index (χ2v) is 5.43. The van der Waals surface area contributed by atoms with Gasteiger partial charge in [0.25, 0.3) is 0 Å². The molecule has 0 unspecified atom stereocenters. The molecule has 2 aromatic rings. The minimum atomic E-state index is -1.15. The zero-order valence-electron chi connectivity index (χ0n) is 12.4. The molecule has 0 saturated heterocycles. The van der Waals surface area contributed by atoms with E-state index in [9.17, 15) is 14.4 Å². The van der Waals surface area contributed by atoms with Crippen LogP contribution in [-0.2, 0) is 0 Å². The standard InChI is InChI=1S/C13H11FN6O4S/c14-9-2-1-8(5-7(9)6-15)17-11(18-23)10-12(20-24-19-10)25-4-3-16-13(21)22/h1-2,5,16,23H,3-4H2,(H,17,18)(H,21,22). The molecule has 0 aliphatic heterocycles. The Morgan fingerprint density at radius 1 is 1.48 bits per heavy atom. The van der Waals surface area contributed by atoms with Crippen LogP contribution in [0.25, 0.3) is 0 Å². The van der Waals surface area contributed by atoms with Gasteiger partial charge in [0, 0.05) is 12.3 Å². The number of nitrogens with one attached hydrogen (secondary N) is 2. The van der Waals surface area contributed by atoms with Gasteiger partial charge in [-0.2, -0.15) is 5.26 Å². The normalized spacial score (nSPS) is 11.0. The molecule has 1 amide bonds. The zero-order valence-corrected chi connectivity index (χ0v) is 13.2. The Balaban J connectivity index is 2.19. The highest BCUT2D eigenvalue weighted by atomic mass is 32.2. The highest BCUT2D eigenvalue weighted by Gasteiger charge is 2.17. The zero-order chi connectivity index (χ0) is 18.2. The van der Waals surface area contributed by atoms with Gasteiger partial charge in [-0.25, -0.2) is 18.8 Å². The first kappa shape index (κ1) is 18.2. The van der Waals surface area contributed by atoms with Crippen molar-refractivity contribution < 1.29 is 24.1 Å². The minimum absolute atomic E-state index is 0.0747. The number of carboxylic acid groups (broad SMARTS) is 1. The molecule has 0 saturated carbocycles. The van der Waals surface area contributed by atoms with Gasteiger partial charge in [-0.05, 0) is 28.5 Å². The molecule has 25 heavy (non-hydrogen) atoms. The summed E-state index contributed by atoms with van der Waals surface area (Å²) in [5.74, 6) is -0.489. The number of thioether (sulfide) groups is 1. The van der Waals surface area contributed by atoms with Crippen LogP contribution in [-0.4, -0.2) is 44.9 Å². The number of halogens is 1. The van der Waals surface area contributed by atoms with E-state index >= 15 is 0 Å². The second kappa shape index (κ2) is 8.62. The molecule has 4 N–H and O–H groups in total. The molecule has 1 aromatic heterocycles. The maximum atomic E-state index is 13.3. The lowest BCUT2D eigenvalue weighted by atomic mass is 10.2. The molecule has 0 aliphatic rings. The summed E-state index contributed by atoms with van der Waals surface area (Å²) in [4.78, 5) is 14.4. The fourth-order valence-electron chi connectivity index (χ4n) is 1.65. The Bertz CT molecular complexity index is 834. The van der Waals surface area contributed by atoms with Crippen LogP contribution in [0, 0.1) is 17.1 Å². The summed E-state index contributed by atoms with van der Waals surface area (Å²) >= 11 is 1.12. The SMILES string of the molecule is N#Cc1cc(N=C(NO)c2nonc2SCCNC(=O)O)ccc1F. The number of amides is 1. The van der Waals surface area contributed by atoms with Crippen molar-refractivity contribution in [2.24, 2.45) is 4.99 Å². The third kappa shape index (κ3) is 4.90. The van der Waals surface area contributed by atoms with Crippen LogP contribution in [0.4, 0.5) is 14.9 Å². The molecular weight excluding hydrogens is 355 g/mol. The fourth-order valence-corrected chi connectivity index (χ4v) is 2.41. The summed E-state index contributed by atoms with van der Waals surface area (Å²) in [6.45, 7) is 0.162. The molecule has 0 radical (unpaired) electrons. The van der Waals surface area contributed by atoms with Crippen LogP contribution >= 0.6 is 11.8 Å². The van der Waals surface area contributed by atoms with Crippen LogP contribution < -0.4 is 10.8 Å². The van der Waals surface area contributed by atoms with Crippen molar-refractivity contribution in [1.82, 2.24) is 21.1 Å². The molecule has 12 heteroatoms. The number of nitrogens with zero attached hydrogens (tertiary/aromatic N) is 4. The molecule has 2 rings (SSSR count). The number of hydroxylamine groups is 1. The third-order valence-corrected chi connectivity index (χ3v) is 3.67. The van der Waals surface area contributed by atoms with Crippen molar-refractivity contribution in [3.63, 3.8) is 0 Å². The van der Waals surface area contributed by atoms with E-state index in [-0.39, 0.29) is 34.4 Å². The van der Waals surface area contributed by atoms with Crippen molar-refractivity contribution >= 4 is 29.4 Å². The number of hydrogen-bond acceptors (Lipinski definition) is 8. The van der Waals surface area contributed by atoms with Crippen molar-refractivity contribution in [3.8, 4) is 6.07 Å². The first-order valence-corrected chi connectivity index (χ1v) is 7.64. The molecule has 0 spiro atoms. The predicted molar refractivity (Wildman–Crippen MR) is 83.3 cm³/mol. The average Bonchev–Trinajstić information content (AvgIpc) is 3.06.